The Morgan fingerprint density at radius 3 is 2.25 bits per heavy atom. The van der Waals surface area contributed by atoms with Crippen molar-refractivity contribution in [1.29, 1.82) is 0 Å². The Morgan fingerprint density at radius 2 is 1.55 bits per heavy atom. The second kappa shape index (κ2) is 8.92. The van der Waals surface area contributed by atoms with Gasteiger partial charge in [-0.25, -0.2) is 4.98 Å². The van der Waals surface area contributed by atoms with E-state index in [1.54, 1.807) is 0 Å². The number of fused-ring (bicyclic) bond motifs is 1. The van der Waals surface area contributed by atoms with E-state index in [0.29, 0.717) is 5.89 Å². The van der Waals surface area contributed by atoms with Crippen LogP contribution in [-0.2, 0) is 0 Å². The first kappa shape index (κ1) is 16.0. The van der Waals surface area contributed by atoms with E-state index < -0.39 is 0 Å². The van der Waals surface area contributed by atoms with Crippen LogP contribution >= 0.6 is 0 Å². The summed E-state index contributed by atoms with van der Waals surface area (Å²) in [5, 5.41) is 0. The largest absolute Gasteiger partial charge is 0.436 e. The van der Waals surface area contributed by atoms with Crippen LogP contribution in [0.15, 0.2) is 46.9 Å². The van der Waals surface area contributed by atoms with Gasteiger partial charge in [0.15, 0.2) is 5.76 Å². The molecule has 2 heteroatoms. The van der Waals surface area contributed by atoms with Gasteiger partial charge in [-0.2, -0.15) is 0 Å². The summed E-state index contributed by atoms with van der Waals surface area (Å²) in [6.07, 6.45) is 9.08. The van der Waals surface area contributed by atoms with Gasteiger partial charge in [-0.3, -0.25) is 0 Å². The predicted octanol–water partition coefficient (Wildman–Crippen LogP) is 5.82. The van der Waals surface area contributed by atoms with Crippen molar-refractivity contribution in [2.24, 2.45) is 0 Å². The van der Waals surface area contributed by atoms with E-state index in [0.717, 1.165) is 23.4 Å². The highest BCUT2D eigenvalue weighted by atomic mass is 16.4. The number of allylic oxidation sites excluding steroid dienone is 2. The standard InChI is InChI=1S/C14H11NO.2C2H6/c1-3-7-11(8-4-1)14-15-12-9-5-2-6-10-13(12)16-14;2*1-2/h1,3-10H,2H2;2*1-2H3. The first-order chi connectivity index (χ1) is 9.93. The smallest absolute Gasteiger partial charge is 0.227 e. The van der Waals surface area contributed by atoms with Gasteiger partial charge >= 0.3 is 0 Å². The first-order valence-corrected chi connectivity index (χ1v) is 7.33. The van der Waals surface area contributed by atoms with E-state index in [2.05, 4.69) is 17.1 Å². The molecule has 0 bridgehead atoms. The van der Waals surface area contributed by atoms with Gasteiger partial charge in [0.1, 0.15) is 5.69 Å². The maximum absolute atomic E-state index is 5.72. The summed E-state index contributed by atoms with van der Waals surface area (Å²) >= 11 is 0. The molecule has 1 heterocycles. The van der Waals surface area contributed by atoms with Gasteiger partial charge in [-0.1, -0.05) is 58.0 Å². The van der Waals surface area contributed by atoms with Crippen LogP contribution in [0.3, 0.4) is 0 Å². The zero-order valence-electron chi connectivity index (χ0n) is 12.8. The minimum Gasteiger partial charge on any atom is -0.436 e. The number of hydrogen-bond donors (Lipinski definition) is 0. The fraction of sp³-hybridized carbons (Fsp3) is 0.278. The highest BCUT2D eigenvalue weighted by Crippen LogP contribution is 2.25. The lowest BCUT2D eigenvalue weighted by Crippen LogP contribution is -1.76. The molecule has 0 unspecified atom stereocenters. The summed E-state index contributed by atoms with van der Waals surface area (Å²) in [5.41, 5.74) is 1.92. The molecule has 0 saturated heterocycles. The number of rotatable bonds is 1. The second-order valence-corrected chi connectivity index (χ2v) is 3.67. The van der Waals surface area contributed by atoms with Crippen molar-refractivity contribution in [2.75, 3.05) is 0 Å². The van der Waals surface area contributed by atoms with E-state index >= 15 is 0 Å². The number of aromatic nitrogens is 1. The van der Waals surface area contributed by atoms with Gasteiger partial charge in [0, 0.05) is 5.56 Å². The zero-order chi connectivity index (χ0) is 14.8. The van der Waals surface area contributed by atoms with Crippen molar-refractivity contribution in [1.82, 2.24) is 4.98 Å². The maximum atomic E-state index is 5.72. The van der Waals surface area contributed by atoms with Gasteiger partial charge in [-0.05, 0) is 30.7 Å². The van der Waals surface area contributed by atoms with Crippen molar-refractivity contribution in [3.63, 3.8) is 0 Å². The molecule has 0 atom stereocenters. The summed E-state index contributed by atoms with van der Waals surface area (Å²) in [4.78, 5) is 4.48. The zero-order valence-corrected chi connectivity index (χ0v) is 12.8. The topological polar surface area (TPSA) is 26.0 Å². The number of oxazole rings is 1. The maximum Gasteiger partial charge on any atom is 0.227 e. The van der Waals surface area contributed by atoms with E-state index in [-0.39, 0.29) is 0 Å². The van der Waals surface area contributed by atoms with Crippen LogP contribution in [0.25, 0.3) is 23.6 Å². The number of benzene rings is 1. The molecule has 0 N–H and O–H groups in total. The average Bonchev–Trinajstić information content (AvgIpc) is 2.83. The van der Waals surface area contributed by atoms with E-state index in [1.165, 1.54) is 0 Å². The molecule has 0 saturated carbocycles. The van der Waals surface area contributed by atoms with Crippen LogP contribution in [0.2, 0.25) is 0 Å². The Morgan fingerprint density at radius 1 is 0.900 bits per heavy atom. The Balaban J connectivity index is 0.000000461. The molecule has 0 amide bonds. The van der Waals surface area contributed by atoms with E-state index in [4.69, 9.17) is 4.42 Å². The van der Waals surface area contributed by atoms with Gasteiger partial charge in [0.05, 0.1) is 0 Å². The van der Waals surface area contributed by atoms with Crippen LogP contribution < -0.4 is 0 Å². The minimum atomic E-state index is 0.682. The van der Waals surface area contributed by atoms with E-state index in [9.17, 15) is 0 Å². The average molecular weight is 269 g/mol. The second-order valence-electron chi connectivity index (χ2n) is 3.67. The van der Waals surface area contributed by atoms with Crippen LogP contribution in [0.1, 0.15) is 45.6 Å². The van der Waals surface area contributed by atoms with Gasteiger partial charge in [0.2, 0.25) is 5.89 Å². The molecule has 0 aliphatic heterocycles. The molecule has 1 aromatic heterocycles. The van der Waals surface area contributed by atoms with Gasteiger partial charge in [-0.15, -0.1) is 0 Å². The Labute approximate surface area is 121 Å². The van der Waals surface area contributed by atoms with Crippen LogP contribution in [0.5, 0.6) is 0 Å². The molecule has 2 nitrogen and oxygen atoms in total. The number of hydrogen-bond acceptors (Lipinski definition) is 2. The van der Waals surface area contributed by atoms with Crippen molar-refractivity contribution in [3.05, 3.63) is 53.9 Å². The fourth-order valence-corrected chi connectivity index (χ4v) is 1.72. The van der Waals surface area contributed by atoms with Gasteiger partial charge in [0.25, 0.3) is 0 Å². The molecule has 20 heavy (non-hydrogen) atoms. The Hall–Kier alpha value is -2.09. The highest BCUT2D eigenvalue weighted by molar-refractivity contribution is 5.65. The number of nitrogens with zero attached hydrogens (tertiary/aromatic N) is 1. The molecule has 1 aliphatic rings. The molecule has 106 valence electrons. The third kappa shape index (κ3) is 3.95. The Bertz CT molecular complexity index is 521. The van der Waals surface area contributed by atoms with Crippen LogP contribution in [-0.4, -0.2) is 4.98 Å². The molecule has 2 aromatic rings. The molecule has 0 fully saturated rings. The van der Waals surface area contributed by atoms with Crippen molar-refractivity contribution in [2.45, 2.75) is 34.1 Å². The quantitative estimate of drug-likeness (QED) is 0.651. The first-order valence-electron chi connectivity index (χ1n) is 7.33. The summed E-state index contributed by atoms with van der Waals surface area (Å²) < 4.78 is 5.72. The molecule has 0 spiro atoms. The normalized spacial score (nSPS) is 11.4. The molecule has 1 aliphatic carbocycles. The summed E-state index contributed by atoms with van der Waals surface area (Å²) in [6, 6.07) is 9.95. The van der Waals surface area contributed by atoms with Crippen molar-refractivity contribution >= 4 is 12.2 Å². The summed E-state index contributed by atoms with van der Waals surface area (Å²) in [6.45, 7) is 8.00. The summed E-state index contributed by atoms with van der Waals surface area (Å²) in [5.74, 6) is 1.52. The minimum absolute atomic E-state index is 0.682. The van der Waals surface area contributed by atoms with Crippen molar-refractivity contribution < 1.29 is 4.42 Å². The molecular formula is C18H23NO. The monoisotopic (exact) mass is 269 g/mol. The van der Waals surface area contributed by atoms with Gasteiger partial charge < -0.3 is 4.42 Å². The third-order valence-electron chi connectivity index (χ3n) is 2.52. The Kier molecular flexibility index (Phi) is 7.12. The highest BCUT2D eigenvalue weighted by Gasteiger charge is 2.10. The molecule has 1 aromatic carbocycles. The lowest BCUT2D eigenvalue weighted by molar-refractivity contribution is 0.564. The lowest BCUT2D eigenvalue weighted by Gasteiger charge is -1.92. The molecular weight excluding hydrogens is 246 g/mol. The lowest BCUT2D eigenvalue weighted by atomic mass is 10.2. The predicted molar refractivity (Wildman–Crippen MR) is 87.3 cm³/mol. The third-order valence-corrected chi connectivity index (χ3v) is 2.52. The van der Waals surface area contributed by atoms with Crippen LogP contribution in [0.4, 0.5) is 0 Å². The molecule has 0 radical (unpaired) electrons. The van der Waals surface area contributed by atoms with Crippen LogP contribution in [0, 0.1) is 0 Å². The fourth-order valence-electron chi connectivity index (χ4n) is 1.72. The molecule has 3 rings (SSSR count). The SMILES string of the molecule is C1=Cc2nc(-c3ccccc3)oc2C=CC1.CC.CC. The van der Waals surface area contributed by atoms with Crippen molar-refractivity contribution in [3.8, 4) is 11.5 Å². The summed E-state index contributed by atoms with van der Waals surface area (Å²) in [7, 11) is 0. The van der Waals surface area contributed by atoms with E-state index in [1.807, 2.05) is 70.2 Å².